The molecule has 0 amide bonds. The van der Waals surface area contributed by atoms with E-state index >= 15 is 9.13 Å². The molecule has 3 N–H and O–H groups in total. The SMILES string of the molecule is C=CC1=C(/C=C\C)c2ccccc2P(=O)(CCn2c(=O)n(CCP3(=O)Oc4ccccc4-c4ccccc43)c(=O)n(CC(C)(N)CCn3c(=O)n(CCP4(=O)Oc5ccccc5-c5ccccc54)c(=O)n(CC(C)C=CCC)c3=O)c2=O)O1.Oc1ccccc1-c1ccccc1P. The van der Waals surface area contributed by atoms with Crippen molar-refractivity contribution in [1.82, 2.24) is 27.4 Å². The van der Waals surface area contributed by atoms with Gasteiger partial charge in [0.15, 0.2) is 0 Å². The van der Waals surface area contributed by atoms with E-state index in [9.17, 15) is 38.4 Å². The maximum absolute atomic E-state index is 15.1. The quantitative estimate of drug-likeness (QED) is 0.0501. The highest BCUT2D eigenvalue weighted by Gasteiger charge is 2.40. The highest BCUT2D eigenvalue weighted by molar-refractivity contribution is 7.68. The smallest absolute Gasteiger partial charge is 0.336 e. The predicted molar refractivity (Wildman–Crippen MR) is 388 cm³/mol. The van der Waals surface area contributed by atoms with Crippen LogP contribution in [0.25, 0.3) is 39.0 Å². The van der Waals surface area contributed by atoms with Crippen LogP contribution >= 0.6 is 31.3 Å². The van der Waals surface area contributed by atoms with Crippen molar-refractivity contribution in [1.29, 1.82) is 0 Å². The van der Waals surface area contributed by atoms with Gasteiger partial charge in [-0.3, -0.25) is 13.7 Å². The van der Waals surface area contributed by atoms with Crippen molar-refractivity contribution in [2.45, 2.75) is 85.3 Å². The van der Waals surface area contributed by atoms with Crippen LogP contribution in [0.5, 0.6) is 17.2 Å². The number of benzene rings is 7. The Hall–Kier alpha value is -9.40. The van der Waals surface area contributed by atoms with Gasteiger partial charge in [-0.25, -0.2) is 56.2 Å². The van der Waals surface area contributed by atoms with E-state index in [4.69, 9.17) is 19.3 Å². The van der Waals surface area contributed by atoms with Crippen molar-refractivity contribution in [2.24, 2.45) is 11.7 Å². The van der Waals surface area contributed by atoms with Crippen LogP contribution in [0.15, 0.2) is 241 Å². The molecule has 500 valence electrons. The fourth-order valence-corrected chi connectivity index (χ4v) is 19.5. The number of phenolic OH excluding ortho intramolecular Hbond substituents is 1. The number of aromatic hydroxyl groups is 1. The van der Waals surface area contributed by atoms with Crippen molar-refractivity contribution in [3.05, 3.63) is 281 Å². The number of hydrogen-bond donors (Lipinski definition) is 2. The van der Waals surface area contributed by atoms with Gasteiger partial charge in [-0.1, -0.05) is 178 Å². The lowest BCUT2D eigenvalue weighted by atomic mass is 9.99. The molecule has 0 saturated carbocycles. The van der Waals surface area contributed by atoms with Crippen LogP contribution in [0.1, 0.15) is 46.1 Å². The first-order valence-corrected chi connectivity index (χ1v) is 37.9. The summed E-state index contributed by atoms with van der Waals surface area (Å²) in [5.74, 6) is 0.945. The van der Waals surface area contributed by atoms with Crippen molar-refractivity contribution in [3.63, 3.8) is 0 Å². The molecule has 12 rings (SSSR count). The molecule has 2 aromatic heterocycles. The Balaban J connectivity index is 0.000000602. The second-order valence-corrected chi connectivity index (χ2v) is 32.3. The number of nitrogens with zero attached hydrogens (tertiary/aromatic N) is 6. The average Bonchev–Trinajstić information content (AvgIpc) is 0.765. The first-order chi connectivity index (χ1) is 46.5. The third kappa shape index (κ3) is 14.0. The van der Waals surface area contributed by atoms with E-state index in [1.165, 1.54) is 13.0 Å². The van der Waals surface area contributed by atoms with Gasteiger partial charge in [0.05, 0.1) is 40.9 Å². The van der Waals surface area contributed by atoms with Gasteiger partial charge in [0.1, 0.15) is 23.0 Å². The Labute approximate surface area is 562 Å². The number of hydrogen-bond acceptors (Lipinski definition) is 14. The zero-order chi connectivity index (χ0) is 69.0. The van der Waals surface area contributed by atoms with Gasteiger partial charge in [-0.2, -0.15) is 0 Å². The number of aromatic nitrogens is 6. The Bertz CT molecular complexity index is 5160. The summed E-state index contributed by atoms with van der Waals surface area (Å²) in [6.45, 7) is 8.41. The topological polar surface area (TPSA) is 257 Å². The summed E-state index contributed by atoms with van der Waals surface area (Å²) in [7, 11) is -8.91. The largest absolute Gasteiger partial charge is 0.507 e. The minimum Gasteiger partial charge on any atom is -0.507 e. The maximum Gasteiger partial charge on any atom is 0.336 e. The normalized spacial score (nSPS) is 18.4. The van der Waals surface area contributed by atoms with Gasteiger partial charge in [0, 0.05) is 60.5 Å². The Kier molecular flexibility index (Phi) is 20.4. The molecule has 0 saturated heterocycles. The lowest BCUT2D eigenvalue weighted by Gasteiger charge is -2.30. The molecule has 20 nitrogen and oxygen atoms in total. The van der Waals surface area contributed by atoms with Gasteiger partial charge in [-0.05, 0) is 103 Å². The lowest BCUT2D eigenvalue weighted by Crippen LogP contribution is -2.59. The molecule has 3 aliphatic rings. The van der Waals surface area contributed by atoms with Gasteiger partial charge < -0.3 is 24.4 Å². The minimum atomic E-state index is -3.93. The molecule has 24 heteroatoms. The number of phenols is 1. The van der Waals surface area contributed by atoms with Crippen molar-refractivity contribution >= 4 is 58.1 Å². The van der Waals surface area contributed by atoms with E-state index in [-0.39, 0.29) is 43.1 Å². The van der Waals surface area contributed by atoms with E-state index in [1.54, 1.807) is 97.1 Å². The zero-order valence-corrected chi connectivity index (χ0v) is 58.0. The fourth-order valence-electron chi connectivity index (χ4n) is 12.4. The number of rotatable bonds is 21. The number of fused-ring (bicyclic) bond motifs is 7. The Morgan fingerprint density at radius 1 is 0.526 bits per heavy atom. The van der Waals surface area contributed by atoms with Crippen LogP contribution in [-0.4, -0.2) is 56.5 Å². The number of para-hydroxylation sites is 3. The monoisotopic (exact) mass is 1380 g/mol. The summed E-state index contributed by atoms with van der Waals surface area (Å²) in [5.41, 5.74) is 5.21. The van der Waals surface area contributed by atoms with E-state index in [2.05, 4.69) is 15.8 Å². The molecule has 97 heavy (non-hydrogen) atoms. The Morgan fingerprint density at radius 3 is 1.39 bits per heavy atom. The highest BCUT2D eigenvalue weighted by atomic mass is 31.2. The van der Waals surface area contributed by atoms with Crippen LogP contribution < -0.4 is 70.1 Å². The molecule has 5 heterocycles. The zero-order valence-electron chi connectivity index (χ0n) is 54.1. The minimum absolute atomic E-state index is 0.114. The summed E-state index contributed by atoms with van der Waals surface area (Å²) in [4.78, 5) is 88.0. The van der Waals surface area contributed by atoms with Gasteiger partial charge in [0.2, 0.25) is 0 Å². The highest BCUT2D eigenvalue weighted by Crippen LogP contribution is 2.57. The first-order valence-electron chi connectivity index (χ1n) is 31.8. The van der Waals surface area contributed by atoms with E-state index in [0.29, 0.717) is 67.4 Å². The molecule has 0 fully saturated rings. The fraction of sp³-hybridized carbons (Fsp3) is 0.233. The van der Waals surface area contributed by atoms with E-state index < -0.39 is 94.5 Å². The van der Waals surface area contributed by atoms with Crippen LogP contribution in [0, 0.1) is 5.92 Å². The standard InChI is InChI=1S/C61H64N7O12P3.C12H11OP/c1-6-9-21-42(4)40-67-57(71)63(55(69)64(58(67)72)34-38-82(76)53-30-18-13-25-47(53)44-22-10-15-27-50(44)79-82)33-32-61(5,62)41-68-59(73)65(35-37-81(75)52-29-17-12-24-46(52)43(20-7-2)49(8-3)78-81)56(70)66(60(68)74)36-39-83(77)54-31-19-14-26-48(54)45-23-11-16-28-51(45)80-83;13-11-7-3-1-5-9(11)10-6-2-4-8-12(10)14/h7-31,42H,3,6,32-41,62H2,1-2,4-5H3;1-8,13H,14H2/b20-7-,21-9?;. The average molecular weight is 1380 g/mol. The molecule has 7 aromatic carbocycles. The van der Waals surface area contributed by atoms with Gasteiger partial charge in [-0.15, -0.1) is 9.24 Å². The molecule has 0 spiro atoms. The predicted octanol–water partition coefficient (Wildman–Crippen LogP) is 10.1. The molecule has 0 aliphatic carbocycles. The van der Waals surface area contributed by atoms with E-state index in [0.717, 1.165) is 49.4 Å². The Morgan fingerprint density at radius 2 is 0.918 bits per heavy atom. The lowest BCUT2D eigenvalue weighted by molar-refractivity contribution is 0.308. The third-order valence-electron chi connectivity index (χ3n) is 17.4. The molecule has 0 bridgehead atoms. The first kappa shape index (κ1) is 69.0. The van der Waals surface area contributed by atoms with E-state index in [1.807, 2.05) is 118 Å². The molecule has 0 radical (unpaired) electrons. The summed E-state index contributed by atoms with van der Waals surface area (Å²) < 4.78 is 68.8. The summed E-state index contributed by atoms with van der Waals surface area (Å²) in [6.07, 6.45) is 8.18. The van der Waals surface area contributed by atoms with Crippen LogP contribution in [0.3, 0.4) is 0 Å². The molecule has 6 unspecified atom stereocenters. The van der Waals surface area contributed by atoms with Crippen LogP contribution in [0.2, 0.25) is 0 Å². The van der Waals surface area contributed by atoms with Crippen LogP contribution in [0.4, 0.5) is 0 Å². The second kappa shape index (κ2) is 28.7. The molecular formula is C73H75N7O13P4. The van der Waals surface area contributed by atoms with Crippen molar-refractivity contribution in [3.8, 4) is 50.6 Å². The third-order valence-corrected chi connectivity index (χ3v) is 25.1. The van der Waals surface area contributed by atoms with Crippen molar-refractivity contribution in [2.75, 3.05) is 18.5 Å². The number of nitrogens with two attached hydrogens (primary N) is 1. The number of allylic oxidation sites excluding steroid dienone is 6. The van der Waals surface area contributed by atoms with Crippen LogP contribution in [-0.2, 0) is 57.5 Å². The summed E-state index contributed by atoms with van der Waals surface area (Å²) in [5, 5.41) is 11.9. The van der Waals surface area contributed by atoms with Crippen molar-refractivity contribution < 1.29 is 32.4 Å². The molecule has 6 atom stereocenters. The summed E-state index contributed by atoms with van der Waals surface area (Å²) >= 11 is 0. The molecule has 3 aliphatic heterocycles. The van der Waals surface area contributed by atoms with Gasteiger partial charge >= 0.3 is 34.1 Å². The molecular weight excluding hydrogens is 1310 g/mol. The second-order valence-electron chi connectivity index (χ2n) is 24.3. The molecule has 9 aromatic rings. The summed E-state index contributed by atoms with van der Waals surface area (Å²) in [6, 6.07) is 50.5. The maximum atomic E-state index is 15.1. The van der Waals surface area contributed by atoms with Gasteiger partial charge in [0.25, 0.3) is 22.1 Å².